The molecule has 1 N–H and O–H groups in total. The maximum Gasteiger partial charge on any atom is 0.219 e. The summed E-state index contributed by atoms with van der Waals surface area (Å²) in [7, 11) is -3.16. The Kier molecular flexibility index (Phi) is 5.07. The molecule has 0 spiro atoms. The third-order valence-electron chi connectivity index (χ3n) is 1.74. The molecule has 0 aliphatic rings. The van der Waals surface area contributed by atoms with E-state index in [1.807, 2.05) is 13.8 Å². The lowest BCUT2D eigenvalue weighted by molar-refractivity contribution is -0.130. The van der Waals surface area contributed by atoms with E-state index in [2.05, 4.69) is 4.72 Å². The average Bonchev–Trinajstić information content (AvgIpc) is 1.94. The van der Waals surface area contributed by atoms with Crippen molar-refractivity contribution >= 4 is 15.9 Å². The van der Waals surface area contributed by atoms with Gasteiger partial charge in [0.15, 0.2) is 0 Å². The Hall–Kier alpha value is -0.620. The van der Waals surface area contributed by atoms with Gasteiger partial charge in [-0.3, -0.25) is 4.79 Å². The zero-order chi connectivity index (χ0) is 11.4. The van der Waals surface area contributed by atoms with Crippen LogP contribution in [0.3, 0.4) is 0 Å². The lowest BCUT2D eigenvalue weighted by Crippen LogP contribution is -2.41. The van der Waals surface area contributed by atoms with Crippen molar-refractivity contribution in [2.45, 2.75) is 26.8 Å². The van der Waals surface area contributed by atoms with Gasteiger partial charge in [-0.05, 0) is 13.8 Å². The van der Waals surface area contributed by atoms with Gasteiger partial charge in [-0.2, -0.15) is 0 Å². The molecule has 84 valence electrons. The summed E-state index contributed by atoms with van der Waals surface area (Å²) in [5, 5.41) is 0. The van der Waals surface area contributed by atoms with Gasteiger partial charge >= 0.3 is 0 Å². The third-order valence-corrected chi connectivity index (χ3v) is 2.47. The van der Waals surface area contributed by atoms with E-state index < -0.39 is 10.0 Å². The summed E-state index contributed by atoms with van der Waals surface area (Å²) in [4.78, 5) is 12.7. The second-order valence-corrected chi connectivity index (χ2v) is 5.31. The SMILES string of the molecule is CC(=O)N(CCNS(C)(=O)=O)C(C)C. The highest BCUT2D eigenvalue weighted by molar-refractivity contribution is 7.88. The minimum absolute atomic E-state index is 0.0460. The normalized spacial score (nSPS) is 11.8. The number of rotatable bonds is 5. The first-order valence-corrected chi connectivity index (χ1v) is 6.35. The number of sulfonamides is 1. The van der Waals surface area contributed by atoms with Crippen LogP contribution in [0.4, 0.5) is 0 Å². The van der Waals surface area contributed by atoms with Crippen LogP contribution in [-0.2, 0) is 14.8 Å². The van der Waals surface area contributed by atoms with Crippen LogP contribution in [0.2, 0.25) is 0 Å². The Morgan fingerprint density at radius 2 is 1.93 bits per heavy atom. The van der Waals surface area contributed by atoms with E-state index in [1.165, 1.54) is 6.92 Å². The van der Waals surface area contributed by atoms with Gasteiger partial charge in [-0.15, -0.1) is 0 Å². The predicted octanol–water partition coefficient (Wildman–Crippen LogP) is -0.207. The molecule has 0 aromatic carbocycles. The Balaban J connectivity index is 4.03. The van der Waals surface area contributed by atoms with Gasteiger partial charge in [-0.25, -0.2) is 13.1 Å². The summed E-state index contributed by atoms with van der Waals surface area (Å²) < 4.78 is 23.8. The van der Waals surface area contributed by atoms with Crippen LogP contribution in [0, 0.1) is 0 Å². The molecule has 0 unspecified atom stereocenters. The molecule has 14 heavy (non-hydrogen) atoms. The van der Waals surface area contributed by atoms with E-state index in [-0.39, 0.29) is 18.5 Å². The van der Waals surface area contributed by atoms with Crippen molar-refractivity contribution in [2.24, 2.45) is 0 Å². The largest absolute Gasteiger partial charge is 0.339 e. The van der Waals surface area contributed by atoms with E-state index in [4.69, 9.17) is 0 Å². The van der Waals surface area contributed by atoms with Crippen molar-refractivity contribution in [3.05, 3.63) is 0 Å². The molecule has 0 aromatic heterocycles. The van der Waals surface area contributed by atoms with E-state index in [9.17, 15) is 13.2 Å². The summed E-state index contributed by atoms with van der Waals surface area (Å²) in [5.41, 5.74) is 0. The Labute approximate surface area is 85.5 Å². The molecule has 0 heterocycles. The number of hydrogen-bond acceptors (Lipinski definition) is 3. The lowest BCUT2D eigenvalue weighted by Gasteiger charge is -2.25. The van der Waals surface area contributed by atoms with E-state index in [0.717, 1.165) is 6.26 Å². The molecule has 0 radical (unpaired) electrons. The highest BCUT2D eigenvalue weighted by Gasteiger charge is 2.12. The maximum atomic E-state index is 11.1. The number of nitrogens with zero attached hydrogens (tertiary/aromatic N) is 1. The second kappa shape index (κ2) is 5.31. The number of carbonyl (C=O) groups is 1. The van der Waals surface area contributed by atoms with Gasteiger partial charge in [0.05, 0.1) is 6.26 Å². The molecule has 5 nitrogen and oxygen atoms in total. The van der Waals surface area contributed by atoms with Crippen LogP contribution in [0.5, 0.6) is 0 Å². The van der Waals surface area contributed by atoms with Gasteiger partial charge in [0.25, 0.3) is 0 Å². The summed E-state index contributed by atoms with van der Waals surface area (Å²) in [5.74, 6) is -0.0460. The van der Waals surface area contributed by atoms with Gasteiger partial charge < -0.3 is 4.90 Å². The Bertz CT molecular complexity index is 285. The van der Waals surface area contributed by atoms with Crippen LogP contribution in [0.25, 0.3) is 0 Å². The molecular formula is C8H18N2O3S. The van der Waals surface area contributed by atoms with Gasteiger partial charge in [0.1, 0.15) is 0 Å². The molecule has 0 aliphatic heterocycles. The van der Waals surface area contributed by atoms with Gasteiger partial charge in [0.2, 0.25) is 15.9 Å². The molecule has 0 rings (SSSR count). The lowest BCUT2D eigenvalue weighted by atomic mass is 10.3. The van der Waals surface area contributed by atoms with E-state index in [0.29, 0.717) is 6.54 Å². The highest BCUT2D eigenvalue weighted by atomic mass is 32.2. The first kappa shape index (κ1) is 13.4. The van der Waals surface area contributed by atoms with Crippen molar-refractivity contribution in [1.82, 2.24) is 9.62 Å². The minimum atomic E-state index is -3.16. The van der Waals surface area contributed by atoms with Crippen molar-refractivity contribution in [3.63, 3.8) is 0 Å². The standard InChI is InChI=1S/C8H18N2O3S/c1-7(2)10(8(3)11)6-5-9-14(4,12)13/h7,9H,5-6H2,1-4H3. The van der Waals surface area contributed by atoms with Crippen LogP contribution in [0.15, 0.2) is 0 Å². The summed E-state index contributed by atoms with van der Waals surface area (Å²) in [6.45, 7) is 5.92. The van der Waals surface area contributed by atoms with E-state index >= 15 is 0 Å². The zero-order valence-electron chi connectivity index (χ0n) is 9.07. The fraction of sp³-hybridized carbons (Fsp3) is 0.875. The Morgan fingerprint density at radius 3 is 2.21 bits per heavy atom. The molecule has 6 heteroatoms. The maximum absolute atomic E-state index is 11.1. The second-order valence-electron chi connectivity index (χ2n) is 3.47. The average molecular weight is 222 g/mol. The quantitative estimate of drug-likeness (QED) is 0.700. The van der Waals surface area contributed by atoms with Crippen LogP contribution < -0.4 is 4.72 Å². The van der Waals surface area contributed by atoms with Crippen LogP contribution in [-0.4, -0.2) is 44.6 Å². The van der Waals surface area contributed by atoms with Crippen molar-refractivity contribution in [2.75, 3.05) is 19.3 Å². The predicted molar refractivity (Wildman–Crippen MR) is 55.4 cm³/mol. The summed E-state index contributed by atoms with van der Waals surface area (Å²) >= 11 is 0. The monoisotopic (exact) mass is 222 g/mol. The smallest absolute Gasteiger partial charge is 0.219 e. The number of hydrogen-bond donors (Lipinski definition) is 1. The minimum Gasteiger partial charge on any atom is -0.339 e. The molecule has 0 aliphatic carbocycles. The fourth-order valence-corrected chi connectivity index (χ4v) is 1.59. The molecule has 0 bridgehead atoms. The first-order chi connectivity index (χ1) is 6.24. The van der Waals surface area contributed by atoms with Crippen LogP contribution in [0.1, 0.15) is 20.8 Å². The number of carbonyl (C=O) groups excluding carboxylic acids is 1. The topological polar surface area (TPSA) is 66.5 Å². The van der Waals surface area contributed by atoms with Crippen LogP contribution >= 0.6 is 0 Å². The molecular weight excluding hydrogens is 204 g/mol. The van der Waals surface area contributed by atoms with Crippen molar-refractivity contribution in [3.8, 4) is 0 Å². The highest BCUT2D eigenvalue weighted by Crippen LogP contribution is 1.97. The summed E-state index contributed by atoms with van der Waals surface area (Å²) in [6, 6.07) is 0.0915. The van der Waals surface area contributed by atoms with Gasteiger partial charge in [0, 0.05) is 26.1 Å². The third kappa shape index (κ3) is 5.93. The summed E-state index contributed by atoms with van der Waals surface area (Å²) in [6.07, 6.45) is 1.10. The first-order valence-electron chi connectivity index (χ1n) is 4.46. The number of nitrogens with one attached hydrogen (secondary N) is 1. The van der Waals surface area contributed by atoms with Gasteiger partial charge in [-0.1, -0.05) is 0 Å². The fourth-order valence-electron chi connectivity index (χ4n) is 1.13. The molecule has 0 saturated carbocycles. The molecule has 0 aromatic rings. The molecule has 0 saturated heterocycles. The molecule has 0 atom stereocenters. The molecule has 1 amide bonds. The number of amides is 1. The zero-order valence-corrected chi connectivity index (χ0v) is 9.89. The van der Waals surface area contributed by atoms with E-state index in [1.54, 1.807) is 4.90 Å². The Morgan fingerprint density at radius 1 is 1.43 bits per heavy atom. The van der Waals surface area contributed by atoms with Crippen molar-refractivity contribution in [1.29, 1.82) is 0 Å². The van der Waals surface area contributed by atoms with Crippen molar-refractivity contribution < 1.29 is 13.2 Å². The molecule has 0 fully saturated rings.